The average molecular weight is 365 g/mol. The van der Waals surface area contributed by atoms with E-state index in [0.717, 1.165) is 16.7 Å². The molecule has 0 radical (unpaired) electrons. The second-order valence-corrected chi connectivity index (χ2v) is 5.77. The van der Waals surface area contributed by atoms with E-state index in [-0.39, 0.29) is 11.5 Å². The maximum Gasteiger partial charge on any atom is 0.343 e. The predicted molar refractivity (Wildman–Crippen MR) is 88.6 cm³/mol. The molecular formula is C16H15NO7S. The zero-order valence-electron chi connectivity index (χ0n) is 13.5. The third-order valence-electron chi connectivity index (χ3n) is 3.15. The van der Waals surface area contributed by atoms with Crippen molar-refractivity contribution in [3.05, 3.63) is 34.7 Å². The van der Waals surface area contributed by atoms with Crippen LogP contribution in [0.4, 0.5) is 4.79 Å². The summed E-state index contributed by atoms with van der Waals surface area (Å²) >= 11 is 0.749. The first kappa shape index (κ1) is 18.5. The van der Waals surface area contributed by atoms with Crippen LogP contribution in [-0.2, 0) is 23.9 Å². The van der Waals surface area contributed by atoms with Crippen LogP contribution >= 0.6 is 11.8 Å². The topological polar surface area (TPSA) is 99.2 Å². The Morgan fingerprint density at radius 2 is 1.72 bits per heavy atom. The van der Waals surface area contributed by atoms with Gasteiger partial charge in [0.15, 0.2) is 6.61 Å². The first-order valence-electron chi connectivity index (χ1n) is 7.06. The number of esters is 2. The standard InChI is InChI=1S/C16H15NO7S/c1-22-13(18)8-17-15(20)12(25-16(17)21)7-10-3-5-11(6-4-10)24-9-14(19)23-2/h3-7H,8-9H2,1-2H3/b12-7-. The maximum absolute atomic E-state index is 12.2. The van der Waals surface area contributed by atoms with Gasteiger partial charge in [0, 0.05) is 0 Å². The average Bonchev–Trinajstić information content (AvgIpc) is 2.88. The second-order valence-electron chi connectivity index (χ2n) is 4.78. The van der Waals surface area contributed by atoms with Gasteiger partial charge in [0.2, 0.25) is 0 Å². The lowest BCUT2D eigenvalue weighted by Gasteiger charge is -2.09. The zero-order valence-corrected chi connectivity index (χ0v) is 14.3. The summed E-state index contributed by atoms with van der Waals surface area (Å²) < 4.78 is 14.1. The van der Waals surface area contributed by atoms with E-state index in [1.54, 1.807) is 24.3 Å². The number of nitrogens with zero attached hydrogens (tertiary/aromatic N) is 1. The molecule has 0 N–H and O–H groups in total. The zero-order chi connectivity index (χ0) is 18.4. The SMILES string of the molecule is COC(=O)COc1ccc(/C=C2\SC(=O)N(CC(=O)OC)C2=O)cc1. The van der Waals surface area contributed by atoms with Crippen LogP contribution in [0.5, 0.6) is 5.75 Å². The van der Waals surface area contributed by atoms with Crippen molar-refractivity contribution in [2.45, 2.75) is 0 Å². The molecule has 0 saturated carbocycles. The Morgan fingerprint density at radius 3 is 2.32 bits per heavy atom. The Hall–Kier alpha value is -2.81. The molecule has 9 heteroatoms. The van der Waals surface area contributed by atoms with E-state index in [4.69, 9.17) is 4.74 Å². The van der Waals surface area contributed by atoms with Crippen molar-refractivity contribution in [2.24, 2.45) is 0 Å². The number of ether oxygens (including phenoxy) is 3. The largest absolute Gasteiger partial charge is 0.482 e. The lowest BCUT2D eigenvalue weighted by atomic mass is 10.2. The molecule has 1 aliphatic rings. The summed E-state index contributed by atoms with van der Waals surface area (Å²) in [5.74, 6) is -1.26. The lowest BCUT2D eigenvalue weighted by Crippen LogP contribution is -2.34. The molecule has 1 aromatic rings. The second kappa shape index (κ2) is 8.34. The van der Waals surface area contributed by atoms with Gasteiger partial charge in [-0.2, -0.15) is 0 Å². The molecule has 0 bridgehead atoms. The van der Waals surface area contributed by atoms with E-state index in [1.165, 1.54) is 20.3 Å². The summed E-state index contributed by atoms with van der Waals surface area (Å²) in [4.78, 5) is 47.3. The lowest BCUT2D eigenvalue weighted by molar-refractivity contribution is -0.143. The highest BCUT2D eigenvalue weighted by atomic mass is 32.2. The van der Waals surface area contributed by atoms with Crippen LogP contribution in [0.1, 0.15) is 5.56 Å². The van der Waals surface area contributed by atoms with Crippen molar-refractivity contribution < 1.29 is 33.4 Å². The van der Waals surface area contributed by atoms with Gasteiger partial charge in [-0.05, 0) is 35.5 Å². The van der Waals surface area contributed by atoms with Gasteiger partial charge in [0.05, 0.1) is 19.1 Å². The highest BCUT2D eigenvalue weighted by molar-refractivity contribution is 8.18. The number of carbonyl (C=O) groups excluding carboxylic acids is 4. The molecule has 1 aliphatic heterocycles. The van der Waals surface area contributed by atoms with Crippen LogP contribution in [0.15, 0.2) is 29.2 Å². The van der Waals surface area contributed by atoms with E-state index in [1.807, 2.05) is 0 Å². The number of carbonyl (C=O) groups is 4. The van der Waals surface area contributed by atoms with Crippen LogP contribution in [0.2, 0.25) is 0 Å². The number of hydrogen-bond acceptors (Lipinski definition) is 8. The number of amides is 2. The summed E-state index contributed by atoms with van der Waals surface area (Å²) in [5, 5.41) is -0.528. The van der Waals surface area contributed by atoms with Crippen molar-refractivity contribution >= 4 is 40.9 Å². The van der Waals surface area contributed by atoms with Crippen LogP contribution in [-0.4, -0.2) is 55.4 Å². The molecule has 0 aromatic heterocycles. The quantitative estimate of drug-likeness (QED) is 0.552. The monoisotopic (exact) mass is 365 g/mol. The van der Waals surface area contributed by atoms with E-state index in [9.17, 15) is 19.2 Å². The Bertz CT molecular complexity index is 727. The van der Waals surface area contributed by atoms with E-state index < -0.39 is 29.6 Å². The molecule has 2 amide bonds. The molecule has 1 heterocycles. The van der Waals surface area contributed by atoms with Crippen molar-refractivity contribution in [3.63, 3.8) is 0 Å². The Balaban J connectivity index is 2.05. The van der Waals surface area contributed by atoms with Crippen molar-refractivity contribution in [1.29, 1.82) is 0 Å². The minimum atomic E-state index is -0.671. The highest BCUT2D eigenvalue weighted by Gasteiger charge is 2.36. The number of benzene rings is 1. The molecule has 25 heavy (non-hydrogen) atoms. The normalized spacial score (nSPS) is 15.4. The van der Waals surface area contributed by atoms with Gasteiger partial charge in [0.1, 0.15) is 12.3 Å². The highest BCUT2D eigenvalue weighted by Crippen LogP contribution is 2.32. The summed E-state index contributed by atoms with van der Waals surface area (Å²) in [6.45, 7) is -0.624. The smallest absolute Gasteiger partial charge is 0.343 e. The summed E-state index contributed by atoms with van der Waals surface area (Å²) in [6, 6.07) is 6.57. The van der Waals surface area contributed by atoms with Crippen LogP contribution in [0.25, 0.3) is 6.08 Å². The van der Waals surface area contributed by atoms with Crippen molar-refractivity contribution in [3.8, 4) is 5.75 Å². The van der Waals surface area contributed by atoms with Crippen molar-refractivity contribution in [2.75, 3.05) is 27.4 Å². The maximum atomic E-state index is 12.2. The van der Waals surface area contributed by atoms with Gasteiger partial charge >= 0.3 is 11.9 Å². The Morgan fingerprint density at radius 1 is 1.08 bits per heavy atom. The third kappa shape index (κ3) is 4.83. The summed E-state index contributed by atoms with van der Waals surface area (Å²) in [7, 11) is 2.45. The molecule has 0 unspecified atom stereocenters. The first-order chi connectivity index (χ1) is 11.9. The van der Waals surface area contributed by atoms with Crippen LogP contribution < -0.4 is 4.74 Å². The number of hydrogen-bond donors (Lipinski definition) is 0. The Labute approximate surface area is 147 Å². The van der Waals surface area contributed by atoms with Crippen molar-refractivity contribution in [1.82, 2.24) is 4.90 Å². The fourth-order valence-electron chi connectivity index (χ4n) is 1.84. The summed E-state index contributed by atoms with van der Waals surface area (Å²) in [5.41, 5.74) is 0.661. The predicted octanol–water partition coefficient (Wildman–Crippen LogP) is 1.45. The van der Waals surface area contributed by atoms with Gasteiger partial charge in [-0.3, -0.25) is 19.3 Å². The molecule has 132 valence electrons. The number of imide groups is 1. The first-order valence-corrected chi connectivity index (χ1v) is 7.88. The molecule has 1 fully saturated rings. The number of rotatable bonds is 6. The van der Waals surface area contributed by atoms with Crippen LogP contribution in [0.3, 0.4) is 0 Å². The van der Waals surface area contributed by atoms with Gasteiger partial charge in [-0.15, -0.1) is 0 Å². The van der Waals surface area contributed by atoms with E-state index >= 15 is 0 Å². The fraction of sp³-hybridized carbons (Fsp3) is 0.250. The molecule has 2 rings (SSSR count). The number of methoxy groups -OCH3 is 2. The van der Waals surface area contributed by atoms with E-state index in [2.05, 4.69) is 9.47 Å². The molecule has 0 aliphatic carbocycles. The van der Waals surface area contributed by atoms with Gasteiger partial charge in [0.25, 0.3) is 11.1 Å². The summed E-state index contributed by atoms with van der Waals surface area (Å²) in [6.07, 6.45) is 1.53. The molecule has 1 aromatic carbocycles. The molecule has 1 saturated heterocycles. The third-order valence-corrected chi connectivity index (χ3v) is 4.06. The van der Waals surface area contributed by atoms with Gasteiger partial charge in [-0.1, -0.05) is 12.1 Å². The fourth-order valence-corrected chi connectivity index (χ4v) is 2.68. The molecular weight excluding hydrogens is 350 g/mol. The van der Waals surface area contributed by atoms with Crippen LogP contribution in [0, 0.1) is 0 Å². The minimum Gasteiger partial charge on any atom is -0.482 e. The van der Waals surface area contributed by atoms with Gasteiger partial charge in [-0.25, -0.2) is 4.79 Å². The Kier molecular flexibility index (Phi) is 6.18. The number of thioether (sulfide) groups is 1. The molecule has 0 atom stereocenters. The van der Waals surface area contributed by atoms with E-state index in [0.29, 0.717) is 11.3 Å². The minimum absolute atomic E-state index is 0.206. The van der Waals surface area contributed by atoms with Gasteiger partial charge < -0.3 is 14.2 Å². The molecule has 0 spiro atoms. The molecule has 8 nitrogen and oxygen atoms in total.